The fourth-order valence-corrected chi connectivity index (χ4v) is 4.44. The molecule has 0 aromatic rings. The van der Waals surface area contributed by atoms with Crippen molar-refractivity contribution in [1.29, 1.82) is 0 Å². The van der Waals surface area contributed by atoms with Crippen LogP contribution in [0.2, 0.25) is 0 Å². The quantitative estimate of drug-likeness (QED) is 0.556. The fourth-order valence-electron chi connectivity index (χ4n) is 4.44. The topological polar surface area (TPSA) is 105 Å². The van der Waals surface area contributed by atoms with Gasteiger partial charge < -0.3 is 9.68 Å². The van der Waals surface area contributed by atoms with Crippen LogP contribution in [0.15, 0.2) is 0 Å². The zero-order chi connectivity index (χ0) is 12.9. The normalized spacial score (nSPS) is 44.7. The standard InChI is InChI=1S/C10H14N2O6/c13-11(14)17-9-7-1-6-2-8(9)5-10(3-6,4-7)18-12(15)16/h6-9H,1-5H2. The third-order valence-electron chi connectivity index (χ3n) is 4.61. The average Bonchev–Trinajstić information content (AvgIpc) is 2.20. The summed E-state index contributed by atoms with van der Waals surface area (Å²) in [5, 5.41) is 19.6. The van der Waals surface area contributed by atoms with Gasteiger partial charge in [-0.05, 0) is 49.9 Å². The lowest BCUT2D eigenvalue weighted by molar-refractivity contribution is -0.792. The summed E-state index contributed by atoms with van der Waals surface area (Å²) >= 11 is 0. The second kappa shape index (κ2) is 3.69. The van der Waals surface area contributed by atoms with E-state index in [1.165, 1.54) is 0 Å². The van der Waals surface area contributed by atoms with Crippen molar-refractivity contribution in [3.63, 3.8) is 0 Å². The summed E-state index contributed by atoms with van der Waals surface area (Å²) in [6.45, 7) is 0. The SMILES string of the molecule is O=[N+]([O-])OC1C2CC3CC1CC(O[N+](=O)[O-])(C3)C2. The van der Waals surface area contributed by atoms with Gasteiger partial charge in [0.05, 0.1) is 0 Å². The third-order valence-corrected chi connectivity index (χ3v) is 4.61. The van der Waals surface area contributed by atoms with Crippen LogP contribution in [0.3, 0.4) is 0 Å². The van der Waals surface area contributed by atoms with Crippen molar-refractivity contribution < 1.29 is 19.8 Å². The maximum absolute atomic E-state index is 10.6. The van der Waals surface area contributed by atoms with Gasteiger partial charge in [0.25, 0.3) is 10.2 Å². The minimum atomic E-state index is -0.742. The first kappa shape index (κ1) is 11.5. The van der Waals surface area contributed by atoms with E-state index < -0.39 is 21.9 Å². The summed E-state index contributed by atoms with van der Waals surface area (Å²) in [7, 11) is 0. The minimum Gasteiger partial charge on any atom is -0.310 e. The zero-order valence-corrected chi connectivity index (χ0v) is 9.69. The van der Waals surface area contributed by atoms with Crippen LogP contribution in [0, 0.1) is 38.0 Å². The molecule has 8 heteroatoms. The smallest absolute Gasteiger partial charge is 0.295 e. The Hall–Kier alpha value is -1.60. The van der Waals surface area contributed by atoms with Crippen LogP contribution in [-0.2, 0) is 9.68 Å². The summed E-state index contributed by atoms with van der Waals surface area (Å²) < 4.78 is 0. The molecule has 0 aliphatic heterocycles. The van der Waals surface area contributed by atoms with Crippen LogP contribution in [0.25, 0.3) is 0 Å². The Labute approximate surface area is 102 Å². The highest BCUT2D eigenvalue weighted by atomic mass is 17.0. The van der Waals surface area contributed by atoms with E-state index in [2.05, 4.69) is 0 Å². The highest BCUT2D eigenvalue weighted by molar-refractivity contribution is 5.06. The van der Waals surface area contributed by atoms with Crippen molar-refractivity contribution in [2.75, 3.05) is 0 Å². The lowest BCUT2D eigenvalue weighted by Crippen LogP contribution is -2.59. The lowest BCUT2D eigenvalue weighted by atomic mass is 9.53. The van der Waals surface area contributed by atoms with E-state index in [0.29, 0.717) is 25.2 Å². The lowest BCUT2D eigenvalue weighted by Gasteiger charge is -2.57. The molecule has 18 heavy (non-hydrogen) atoms. The van der Waals surface area contributed by atoms with Gasteiger partial charge in [0.1, 0.15) is 11.7 Å². The summed E-state index contributed by atoms with van der Waals surface area (Å²) in [4.78, 5) is 30.8. The van der Waals surface area contributed by atoms with E-state index in [0.717, 1.165) is 12.8 Å². The third kappa shape index (κ3) is 1.75. The molecule has 2 atom stereocenters. The molecular weight excluding hydrogens is 244 g/mol. The molecule has 8 nitrogen and oxygen atoms in total. The van der Waals surface area contributed by atoms with E-state index in [1.54, 1.807) is 0 Å². The summed E-state index contributed by atoms with van der Waals surface area (Å²) in [5.41, 5.74) is -0.712. The number of hydrogen-bond acceptors (Lipinski definition) is 6. The Bertz CT molecular complexity index is 384. The van der Waals surface area contributed by atoms with E-state index in [4.69, 9.17) is 9.68 Å². The highest BCUT2D eigenvalue weighted by Crippen LogP contribution is 2.57. The molecule has 0 aromatic carbocycles. The van der Waals surface area contributed by atoms with Gasteiger partial charge in [-0.3, -0.25) is 0 Å². The summed E-state index contributed by atoms with van der Waals surface area (Å²) in [5.74, 6) is 0.414. The van der Waals surface area contributed by atoms with Gasteiger partial charge in [-0.25, -0.2) is 0 Å². The summed E-state index contributed by atoms with van der Waals surface area (Å²) in [6, 6.07) is 0. The van der Waals surface area contributed by atoms with Gasteiger partial charge in [0.2, 0.25) is 0 Å². The van der Waals surface area contributed by atoms with Crippen LogP contribution >= 0.6 is 0 Å². The minimum absolute atomic E-state index is 0.0154. The van der Waals surface area contributed by atoms with Gasteiger partial charge in [-0.15, -0.1) is 20.2 Å². The molecule has 0 N–H and O–H groups in total. The second-order valence-corrected chi connectivity index (χ2v) is 5.76. The van der Waals surface area contributed by atoms with Crippen LogP contribution in [0.4, 0.5) is 0 Å². The van der Waals surface area contributed by atoms with Crippen molar-refractivity contribution in [2.45, 2.75) is 43.8 Å². The van der Waals surface area contributed by atoms with Crippen LogP contribution in [0.1, 0.15) is 32.1 Å². The molecule has 4 bridgehead atoms. The fraction of sp³-hybridized carbons (Fsp3) is 1.00. The molecule has 0 saturated heterocycles. The van der Waals surface area contributed by atoms with Gasteiger partial charge in [-0.1, -0.05) is 0 Å². The number of hydrogen-bond donors (Lipinski definition) is 0. The molecule has 4 rings (SSSR count). The molecule has 4 aliphatic rings. The van der Waals surface area contributed by atoms with Crippen molar-refractivity contribution in [2.24, 2.45) is 17.8 Å². The maximum Gasteiger partial charge on any atom is 0.295 e. The molecule has 0 radical (unpaired) electrons. The number of rotatable bonds is 4. The molecule has 0 aromatic heterocycles. The molecule has 0 spiro atoms. The van der Waals surface area contributed by atoms with E-state index in [9.17, 15) is 20.2 Å². The first-order valence-corrected chi connectivity index (χ1v) is 6.12. The largest absolute Gasteiger partial charge is 0.310 e. The van der Waals surface area contributed by atoms with Crippen molar-refractivity contribution in [1.82, 2.24) is 0 Å². The van der Waals surface area contributed by atoms with Gasteiger partial charge >= 0.3 is 0 Å². The van der Waals surface area contributed by atoms with Crippen molar-refractivity contribution in [3.8, 4) is 0 Å². The first-order chi connectivity index (χ1) is 8.47. The molecule has 2 unspecified atom stereocenters. The molecular formula is C10H14N2O6. The predicted octanol–water partition coefficient (Wildman–Crippen LogP) is 1.35. The Balaban J connectivity index is 1.79. The predicted molar refractivity (Wildman–Crippen MR) is 56.2 cm³/mol. The molecule has 4 fully saturated rings. The zero-order valence-electron chi connectivity index (χ0n) is 9.69. The Morgan fingerprint density at radius 2 is 1.61 bits per heavy atom. The van der Waals surface area contributed by atoms with Crippen LogP contribution in [-0.4, -0.2) is 21.9 Å². The maximum atomic E-state index is 10.6. The van der Waals surface area contributed by atoms with Gasteiger partial charge in [0, 0.05) is 0 Å². The van der Waals surface area contributed by atoms with E-state index in [1.807, 2.05) is 0 Å². The van der Waals surface area contributed by atoms with Crippen molar-refractivity contribution in [3.05, 3.63) is 20.2 Å². The molecule has 4 aliphatic carbocycles. The Kier molecular flexibility index (Phi) is 2.36. The van der Waals surface area contributed by atoms with Gasteiger partial charge in [0.15, 0.2) is 0 Å². The van der Waals surface area contributed by atoms with Crippen LogP contribution in [0.5, 0.6) is 0 Å². The van der Waals surface area contributed by atoms with E-state index >= 15 is 0 Å². The molecule has 4 saturated carbocycles. The summed E-state index contributed by atoms with van der Waals surface area (Å²) in [6.07, 6.45) is 3.01. The van der Waals surface area contributed by atoms with Crippen LogP contribution < -0.4 is 0 Å². The number of nitrogens with zero attached hydrogens (tertiary/aromatic N) is 2. The molecule has 0 heterocycles. The average molecular weight is 258 g/mol. The monoisotopic (exact) mass is 258 g/mol. The highest BCUT2D eigenvalue weighted by Gasteiger charge is 2.58. The van der Waals surface area contributed by atoms with Crippen molar-refractivity contribution >= 4 is 0 Å². The van der Waals surface area contributed by atoms with E-state index in [-0.39, 0.29) is 11.8 Å². The second-order valence-electron chi connectivity index (χ2n) is 5.76. The Morgan fingerprint density at radius 1 is 1.00 bits per heavy atom. The Morgan fingerprint density at radius 3 is 2.11 bits per heavy atom. The first-order valence-electron chi connectivity index (χ1n) is 6.12. The van der Waals surface area contributed by atoms with Gasteiger partial charge in [-0.2, -0.15) is 0 Å². The molecule has 100 valence electrons. The molecule has 0 amide bonds.